The fraction of sp³-hybridized carbons (Fsp3) is 0.286. The Bertz CT molecular complexity index is 1380. The molecule has 10 heteroatoms. The van der Waals surface area contributed by atoms with Crippen molar-refractivity contribution in [3.8, 4) is 0 Å². The van der Waals surface area contributed by atoms with Gasteiger partial charge in [0.15, 0.2) is 5.78 Å². The van der Waals surface area contributed by atoms with Crippen molar-refractivity contribution < 1.29 is 24.3 Å². The van der Waals surface area contributed by atoms with E-state index < -0.39 is 18.0 Å². The van der Waals surface area contributed by atoms with E-state index >= 15 is 0 Å². The third kappa shape index (κ3) is 4.74. The number of rotatable bonds is 4. The van der Waals surface area contributed by atoms with Crippen LogP contribution in [0.2, 0.25) is 0 Å². The Hall–Kier alpha value is -4.18. The molecule has 1 fully saturated rings. The van der Waals surface area contributed by atoms with Crippen LogP contribution in [0.4, 0.5) is 21.0 Å². The lowest BCUT2D eigenvalue weighted by Gasteiger charge is -2.42. The number of carboxylic acid groups (broad SMARTS) is 1. The van der Waals surface area contributed by atoms with Crippen molar-refractivity contribution in [1.82, 2.24) is 14.7 Å². The number of amides is 4. The molecule has 2 aliphatic rings. The van der Waals surface area contributed by atoms with Gasteiger partial charge in [0.25, 0.3) is 0 Å². The van der Waals surface area contributed by atoms with E-state index in [0.29, 0.717) is 35.6 Å². The second-order valence-corrected chi connectivity index (χ2v) is 10.1. The molecule has 1 saturated heterocycles. The van der Waals surface area contributed by atoms with Gasteiger partial charge in [0.2, 0.25) is 0 Å². The number of benzene rings is 2. The van der Waals surface area contributed by atoms with Crippen molar-refractivity contribution in [3.63, 3.8) is 0 Å². The summed E-state index contributed by atoms with van der Waals surface area (Å²) < 4.78 is 0. The van der Waals surface area contributed by atoms with Crippen LogP contribution in [-0.4, -0.2) is 75.8 Å². The van der Waals surface area contributed by atoms with Gasteiger partial charge in [0, 0.05) is 38.2 Å². The van der Waals surface area contributed by atoms with Crippen molar-refractivity contribution in [2.75, 3.05) is 31.1 Å². The molecule has 0 spiro atoms. The van der Waals surface area contributed by atoms with E-state index in [9.17, 15) is 24.3 Å². The predicted octanol–water partition coefficient (Wildman–Crippen LogP) is 4.46. The lowest BCUT2D eigenvalue weighted by molar-refractivity contribution is -0.143. The van der Waals surface area contributed by atoms with E-state index in [1.54, 1.807) is 58.7 Å². The fourth-order valence-corrected chi connectivity index (χ4v) is 5.69. The lowest BCUT2D eigenvalue weighted by Crippen LogP contribution is -2.62. The van der Waals surface area contributed by atoms with Gasteiger partial charge in [-0.25, -0.2) is 14.4 Å². The van der Waals surface area contributed by atoms with Gasteiger partial charge in [0.05, 0.1) is 17.9 Å². The molecule has 0 bridgehead atoms. The maximum atomic E-state index is 14.1. The van der Waals surface area contributed by atoms with Crippen LogP contribution < -0.4 is 4.90 Å². The zero-order valence-corrected chi connectivity index (χ0v) is 21.8. The Balaban J connectivity index is 1.43. The highest BCUT2D eigenvalue weighted by atomic mass is 32.1. The number of hydrogen-bond donors (Lipinski definition) is 1. The minimum atomic E-state index is -1.24. The summed E-state index contributed by atoms with van der Waals surface area (Å²) in [5, 5.41) is 14.1. The number of nitrogens with zero attached hydrogens (tertiary/aromatic N) is 4. The van der Waals surface area contributed by atoms with Crippen molar-refractivity contribution in [2.45, 2.75) is 25.9 Å². The first kappa shape index (κ1) is 25.5. The molecule has 0 radical (unpaired) electrons. The number of anilines is 2. The number of hydrogen-bond acceptors (Lipinski definition) is 5. The summed E-state index contributed by atoms with van der Waals surface area (Å²) in [7, 11) is 0. The molecule has 5 rings (SSSR count). The number of ketones is 1. The van der Waals surface area contributed by atoms with Gasteiger partial charge in [-0.1, -0.05) is 30.3 Å². The van der Waals surface area contributed by atoms with Crippen LogP contribution in [0.3, 0.4) is 0 Å². The first-order valence-electron chi connectivity index (χ1n) is 12.5. The van der Waals surface area contributed by atoms with Gasteiger partial charge in [0.1, 0.15) is 6.04 Å². The number of aliphatic carboxylic acids is 1. The van der Waals surface area contributed by atoms with Gasteiger partial charge >= 0.3 is 18.0 Å². The molecule has 3 heterocycles. The van der Waals surface area contributed by atoms with E-state index in [1.165, 1.54) is 14.7 Å². The van der Waals surface area contributed by atoms with Gasteiger partial charge < -0.3 is 19.8 Å². The molecule has 4 amide bonds. The second-order valence-electron chi connectivity index (χ2n) is 9.29. The molecule has 2 aliphatic heterocycles. The molecule has 0 saturated carbocycles. The summed E-state index contributed by atoms with van der Waals surface area (Å²) >= 11 is 1.55. The van der Waals surface area contributed by atoms with Crippen LogP contribution in [0.25, 0.3) is 0 Å². The predicted molar refractivity (Wildman–Crippen MR) is 144 cm³/mol. The Morgan fingerprint density at radius 3 is 2.47 bits per heavy atom. The number of thiophene rings is 1. The van der Waals surface area contributed by atoms with Crippen LogP contribution >= 0.6 is 11.3 Å². The monoisotopic (exact) mass is 532 g/mol. The highest BCUT2D eigenvalue weighted by Crippen LogP contribution is 2.37. The van der Waals surface area contributed by atoms with Crippen LogP contribution in [-0.2, 0) is 17.8 Å². The minimum absolute atomic E-state index is 0.0479. The molecule has 2 aromatic carbocycles. The third-order valence-corrected chi connectivity index (χ3v) is 7.74. The maximum absolute atomic E-state index is 14.1. The van der Waals surface area contributed by atoms with Crippen molar-refractivity contribution in [2.24, 2.45) is 0 Å². The molecule has 1 aromatic heterocycles. The molecule has 1 N–H and O–H groups in total. The average molecular weight is 533 g/mol. The summed E-state index contributed by atoms with van der Waals surface area (Å²) in [6.45, 7) is 2.91. The van der Waals surface area contributed by atoms with Crippen molar-refractivity contribution in [1.29, 1.82) is 0 Å². The number of Topliss-reactive ketones (excluding diaryl/α,β-unsaturated/α-hetero) is 1. The highest BCUT2D eigenvalue weighted by Gasteiger charge is 2.41. The smallest absolute Gasteiger partial charge is 0.330 e. The van der Waals surface area contributed by atoms with Crippen molar-refractivity contribution >= 4 is 46.5 Å². The molecule has 0 unspecified atom stereocenters. The molecule has 9 nitrogen and oxygen atoms in total. The Morgan fingerprint density at radius 1 is 1.03 bits per heavy atom. The second kappa shape index (κ2) is 10.7. The standard InChI is InChI=1S/C28H28N4O5S/c1-2-29(16-19-11-14-38-18-19)27(36)30-12-13-31(24(17-30)26(34)35)28(37)32-22-9-5-3-7-20(22)15-25(33)21-8-4-6-10-23(21)32/h3-11,14,18,24H,2,12-13,15-17H2,1H3,(H,34,35)/t24-/m0/s1. The third-order valence-electron chi connectivity index (χ3n) is 7.01. The normalized spacial score (nSPS) is 16.9. The topological polar surface area (TPSA) is 101 Å². The van der Waals surface area contributed by atoms with Gasteiger partial charge in [-0.2, -0.15) is 11.3 Å². The van der Waals surface area contributed by atoms with Gasteiger partial charge in [-0.3, -0.25) is 9.69 Å². The Morgan fingerprint density at radius 2 is 1.76 bits per heavy atom. The van der Waals surface area contributed by atoms with Crippen LogP contribution in [0, 0.1) is 0 Å². The molecule has 3 aromatic rings. The number of para-hydroxylation sites is 2. The fourth-order valence-electron chi connectivity index (χ4n) is 5.03. The Labute approximate surface area is 224 Å². The molecule has 0 aliphatic carbocycles. The largest absolute Gasteiger partial charge is 0.480 e. The maximum Gasteiger partial charge on any atom is 0.330 e. The highest BCUT2D eigenvalue weighted by molar-refractivity contribution is 7.07. The zero-order valence-electron chi connectivity index (χ0n) is 20.9. The first-order valence-corrected chi connectivity index (χ1v) is 13.4. The number of fused-ring (bicyclic) bond motifs is 2. The molecule has 196 valence electrons. The molecule has 38 heavy (non-hydrogen) atoms. The van der Waals surface area contributed by atoms with Gasteiger partial charge in [-0.15, -0.1) is 0 Å². The first-order chi connectivity index (χ1) is 18.4. The van der Waals surface area contributed by atoms with E-state index in [0.717, 1.165) is 5.56 Å². The van der Waals surface area contributed by atoms with Crippen LogP contribution in [0.1, 0.15) is 28.4 Å². The number of urea groups is 2. The lowest BCUT2D eigenvalue weighted by atomic mass is 10.0. The summed E-state index contributed by atoms with van der Waals surface area (Å²) in [4.78, 5) is 58.8. The van der Waals surface area contributed by atoms with E-state index in [4.69, 9.17) is 0 Å². The summed E-state index contributed by atoms with van der Waals surface area (Å²) in [6.07, 6.45) is 0.137. The Kier molecular flexibility index (Phi) is 7.15. The molecular weight excluding hydrogens is 504 g/mol. The molecular formula is C28H28N4O5S. The summed E-state index contributed by atoms with van der Waals surface area (Å²) in [6, 6.07) is 14.0. The van der Waals surface area contributed by atoms with E-state index in [-0.39, 0.29) is 37.9 Å². The SMILES string of the molecule is CCN(Cc1ccsc1)C(=O)N1CCN(C(=O)N2c3ccccc3CC(=O)c3ccccc32)[C@H](C(=O)O)C1. The number of carbonyl (C=O) groups is 4. The van der Waals surface area contributed by atoms with Crippen molar-refractivity contribution in [3.05, 3.63) is 82.0 Å². The number of carbonyl (C=O) groups excluding carboxylic acids is 3. The number of piperazine rings is 1. The van der Waals surface area contributed by atoms with Crippen LogP contribution in [0.5, 0.6) is 0 Å². The quantitative estimate of drug-likeness (QED) is 0.535. The average Bonchev–Trinajstić information content (AvgIpc) is 3.41. The number of carboxylic acids is 1. The van der Waals surface area contributed by atoms with E-state index in [1.807, 2.05) is 29.8 Å². The zero-order chi connectivity index (χ0) is 26.8. The summed E-state index contributed by atoms with van der Waals surface area (Å²) in [5.74, 6) is -1.30. The molecule has 1 atom stereocenters. The van der Waals surface area contributed by atoms with E-state index in [2.05, 4.69) is 0 Å². The van der Waals surface area contributed by atoms with Crippen LogP contribution in [0.15, 0.2) is 65.4 Å². The summed E-state index contributed by atoms with van der Waals surface area (Å²) in [5.41, 5.74) is 3.08. The van der Waals surface area contributed by atoms with Gasteiger partial charge in [-0.05, 0) is 53.1 Å². The minimum Gasteiger partial charge on any atom is -0.480 e.